The summed E-state index contributed by atoms with van der Waals surface area (Å²) in [6, 6.07) is 5.82. The van der Waals surface area contributed by atoms with Crippen LogP contribution in [0, 0.1) is 5.82 Å². The van der Waals surface area contributed by atoms with Crippen molar-refractivity contribution in [3.05, 3.63) is 47.3 Å². The topological polar surface area (TPSA) is 110 Å². The fraction of sp³-hybridized carbons (Fsp3) is 0.333. The molecule has 1 aromatic carbocycles. The van der Waals surface area contributed by atoms with Crippen LogP contribution in [-0.4, -0.2) is 36.6 Å². The van der Waals surface area contributed by atoms with Crippen LogP contribution < -0.4 is 11.1 Å². The summed E-state index contributed by atoms with van der Waals surface area (Å²) >= 11 is 0.702. The van der Waals surface area contributed by atoms with Gasteiger partial charge in [-0.05, 0) is 45.9 Å². The molecule has 0 aliphatic carbocycles. The Balaban J connectivity index is 2.48. The van der Waals surface area contributed by atoms with Gasteiger partial charge in [0.25, 0.3) is 21.8 Å². The number of halogens is 1. The van der Waals surface area contributed by atoms with Crippen molar-refractivity contribution in [1.82, 2.24) is 4.31 Å². The van der Waals surface area contributed by atoms with Gasteiger partial charge in [0.1, 0.15) is 15.0 Å². The number of carbonyl (C=O) groups is 2. The van der Waals surface area contributed by atoms with E-state index in [1.165, 1.54) is 22.5 Å². The molecule has 0 saturated heterocycles. The fourth-order valence-electron chi connectivity index (χ4n) is 2.84. The summed E-state index contributed by atoms with van der Waals surface area (Å²) in [6.07, 6.45) is 0. The molecule has 7 nitrogen and oxygen atoms in total. The molecule has 0 aliphatic rings. The molecule has 0 unspecified atom stereocenters. The van der Waals surface area contributed by atoms with Gasteiger partial charge >= 0.3 is 0 Å². The predicted octanol–water partition coefficient (Wildman–Crippen LogP) is 3.05. The van der Waals surface area contributed by atoms with E-state index in [-0.39, 0.29) is 32.4 Å². The maximum Gasteiger partial charge on any atom is 0.259 e. The molecule has 2 rings (SSSR count). The second kappa shape index (κ2) is 8.38. The molecule has 152 valence electrons. The zero-order chi connectivity index (χ0) is 21.2. The second-order valence-corrected chi connectivity index (χ2v) is 9.75. The van der Waals surface area contributed by atoms with Crippen molar-refractivity contribution < 1.29 is 22.4 Å². The highest BCUT2D eigenvalue weighted by Gasteiger charge is 2.33. The Morgan fingerprint density at radius 3 is 2.18 bits per heavy atom. The molecule has 0 spiro atoms. The van der Waals surface area contributed by atoms with Crippen LogP contribution >= 0.6 is 11.3 Å². The molecule has 2 aromatic rings. The molecule has 28 heavy (non-hydrogen) atoms. The van der Waals surface area contributed by atoms with Crippen LogP contribution in [0.25, 0.3) is 0 Å². The van der Waals surface area contributed by atoms with E-state index in [9.17, 15) is 22.4 Å². The standard InChI is InChI=1S/C18H22FN3O4S2/c1-10(2)22(11(3)4)28(25,26)15-9-13(16(20)23)18(27-15)21-17(24)12-7-5-6-8-14(12)19/h5-11H,1-4H3,(H2,20,23)(H,21,24). The van der Waals surface area contributed by atoms with Gasteiger partial charge in [-0.2, -0.15) is 4.31 Å². The first-order valence-electron chi connectivity index (χ1n) is 8.49. The van der Waals surface area contributed by atoms with E-state index in [1.807, 2.05) is 0 Å². The van der Waals surface area contributed by atoms with Gasteiger partial charge in [0, 0.05) is 12.1 Å². The molecule has 0 atom stereocenters. The molecule has 0 radical (unpaired) electrons. The number of benzene rings is 1. The summed E-state index contributed by atoms with van der Waals surface area (Å²) in [7, 11) is -3.92. The maximum atomic E-state index is 13.8. The highest BCUT2D eigenvalue weighted by atomic mass is 32.2. The lowest BCUT2D eigenvalue weighted by Crippen LogP contribution is -2.41. The van der Waals surface area contributed by atoms with E-state index in [4.69, 9.17) is 5.73 Å². The third-order valence-electron chi connectivity index (χ3n) is 3.87. The number of carbonyl (C=O) groups excluding carboxylic acids is 2. The van der Waals surface area contributed by atoms with Crippen LogP contribution in [-0.2, 0) is 10.0 Å². The minimum Gasteiger partial charge on any atom is -0.366 e. The van der Waals surface area contributed by atoms with Crippen LogP contribution in [0.4, 0.5) is 9.39 Å². The SMILES string of the molecule is CC(C)N(C(C)C)S(=O)(=O)c1cc(C(N)=O)c(NC(=O)c2ccccc2F)s1. The van der Waals surface area contributed by atoms with Gasteiger partial charge in [-0.3, -0.25) is 9.59 Å². The molecular weight excluding hydrogens is 405 g/mol. The average molecular weight is 428 g/mol. The number of thiophene rings is 1. The van der Waals surface area contributed by atoms with Crippen molar-refractivity contribution in [3.63, 3.8) is 0 Å². The van der Waals surface area contributed by atoms with Gasteiger partial charge in [-0.15, -0.1) is 11.3 Å². The normalized spacial score (nSPS) is 12.0. The summed E-state index contributed by atoms with van der Waals surface area (Å²) in [5.41, 5.74) is 4.96. The molecule has 1 aromatic heterocycles. The van der Waals surface area contributed by atoms with Gasteiger partial charge in [-0.1, -0.05) is 12.1 Å². The first-order chi connectivity index (χ1) is 13.0. The fourth-order valence-corrected chi connectivity index (χ4v) is 6.15. The van der Waals surface area contributed by atoms with E-state index < -0.39 is 27.7 Å². The van der Waals surface area contributed by atoms with E-state index >= 15 is 0 Å². The summed E-state index contributed by atoms with van der Waals surface area (Å²) in [6.45, 7) is 6.95. The number of nitrogens with one attached hydrogen (secondary N) is 1. The lowest BCUT2D eigenvalue weighted by atomic mass is 10.2. The quantitative estimate of drug-likeness (QED) is 0.708. The molecule has 3 N–H and O–H groups in total. The average Bonchev–Trinajstić information content (AvgIpc) is 2.99. The number of hydrogen-bond donors (Lipinski definition) is 2. The summed E-state index contributed by atoms with van der Waals surface area (Å²) in [4.78, 5) is 24.1. The third kappa shape index (κ3) is 4.40. The maximum absolute atomic E-state index is 13.8. The predicted molar refractivity (Wildman–Crippen MR) is 106 cm³/mol. The lowest BCUT2D eigenvalue weighted by Gasteiger charge is -2.28. The Hall–Kier alpha value is -2.30. The Bertz CT molecular complexity index is 992. The number of nitrogens with zero attached hydrogens (tertiary/aromatic N) is 1. The zero-order valence-corrected chi connectivity index (χ0v) is 17.5. The summed E-state index contributed by atoms with van der Waals surface area (Å²) in [5.74, 6) is -2.45. The molecular formula is C18H22FN3O4S2. The van der Waals surface area contributed by atoms with Gasteiger partial charge in [0.15, 0.2) is 0 Å². The first-order valence-corrected chi connectivity index (χ1v) is 10.8. The molecule has 2 amide bonds. The highest BCUT2D eigenvalue weighted by molar-refractivity contribution is 7.91. The molecule has 0 fully saturated rings. The smallest absolute Gasteiger partial charge is 0.259 e. The largest absolute Gasteiger partial charge is 0.366 e. The minimum absolute atomic E-state index is 0.0493. The van der Waals surface area contributed by atoms with E-state index in [0.29, 0.717) is 11.3 Å². The van der Waals surface area contributed by atoms with Gasteiger partial charge in [-0.25, -0.2) is 12.8 Å². The van der Waals surface area contributed by atoms with Gasteiger partial charge in [0.05, 0.1) is 11.1 Å². The van der Waals surface area contributed by atoms with Crippen molar-refractivity contribution in [1.29, 1.82) is 0 Å². The number of primary amides is 1. The second-order valence-electron chi connectivity index (χ2n) is 6.63. The number of amides is 2. The Morgan fingerprint density at radius 2 is 1.68 bits per heavy atom. The van der Waals surface area contributed by atoms with E-state index in [1.54, 1.807) is 27.7 Å². The number of anilines is 1. The zero-order valence-electron chi connectivity index (χ0n) is 15.9. The monoisotopic (exact) mass is 427 g/mol. The van der Waals surface area contributed by atoms with Crippen molar-refractivity contribution >= 4 is 38.2 Å². The number of nitrogens with two attached hydrogens (primary N) is 1. The van der Waals surface area contributed by atoms with Crippen LogP contribution in [0.15, 0.2) is 34.5 Å². The highest BCUT2D eigenvalue weighted by Crippen LogP contribution is 2.34. The third-order valence-corrected chi connectivity index (χ3v) is 7.62. The van der Waals surface area contributed by atoms with Crippen molar-refractivity contribution in [2.45, 2.75) is 44.0 Å². The molecule has 1 heterocycles. The van der Waals surface area contributed by atoms with Crippen LogP contribution in [0.3, 0.4) is 0 Å². The summed E-state index contributed by atoms with van der Waals surface area (Å²) < 4.78 is 41.0. The summed E-state index contributed by atoms with van der Waals surface area (Å²) in [5, 5.41) is 2.35. The van der Waals surface area contributed by atoms with Gasteiger partial charge < -0.3 is 11.1 Å². The van der Waals surface area contributed by atoms with Crippen molar-refractivity contribution in [2.24, 2.45) is 5.73 Å². The molecule has 0 aliphatic heterocycles. The Labute approximate surface area is 167 Å². The van der Waals surface area contributed by atoms with Crippen molar-refractivity contribution in [3.8, 4) is 0 Å². The minimum atomic E-state index is -3.92. The van der Waals surface area contributed by atoms with E-state index in [0.717, 1.165) is 12.1 Å². The van der Waals surface area contributed by atoms with Crippen LogP contribution in [0.2, 0.25) is 0 Å². The first kappa shape index (κ1) is 22.0. The number of sulfonamides is 1. The lowest BCUT2D eigenvalue weighted by molar-refractivity contribution is 0.100. The molecule has 10 heteroatoms. The number of hydrogen-bond acceptors (Lipinski definition) is 5. The van der Waals surface area contributed by atoms with Crippen LogP contribution in [0.1, 0.15) is 48.4 Å². The Kier molecular flexibility index (Phi) is 6.58. The molecule has 0 bridgehead atoms. The van der Waals surface area contributed by atoms with Crippen molar-refractivity contribution in [2.75, 3.05) is 5.32 Å². The number of rotatable bonds is 7. The Morgan fingerprint density at radius 1 is 1.11 bits per heavy atom. The van der Waals surface area contributed by atoms with E-state index in [2.05, 4.69) is 5.32 Å². The van der Waals surface area contributed by atoms with Gasteiger partial charge in [0.2, 0.25) is 0 Å². The molecule has 0 saturated carbocycles. The van der Waals surface area contributed by atoms with Crippen LogP contribution in [0.5, 0.6) is 0 Å².